The molecule has 0 radical (unpaired) electrons. The first-order chi connectivity index (χ1) is 16.5. The van der Waals surface area contributed by atoms with Crippen LogP contribution in [0.25, 0.3) is 17.0 Å². The van der Waals surface area contributed by atoms with Crippen molar-refractivity contribution in [1.82, 2.24) is 25.1 Å². The van der Waals surface area contributed by atoms with Crippen LogP contribution in [0.1, 0.15) is 16.7 Å². The lowest BCUT2D eigenvalue weighted by atomic mass is 10.1. The number of aryl methyl sites for hydroxylation is 3. The van der Waals surface area contributed by atoms with E-state index in [0.717, 1.165) is 28.0 Å². The van der Waals surface area contributed by atoms with Gasteiger partial charge >= 0.3 is 0 Å². The Kier molecular flexibility index (Phi) is 6.91. The third kappa shape index (κ3) is 5.09. The van der Waals surface area contributed by atoms with Crippen molar-refractivity contribution in [2.75, 3.05) is 26.9 Å². The van der Waals surface area contributed by atoms with Crippen LogP contribution < -0.4 is 19.5 Å². The lowest BCUT2D eigenvalue weighted by molar-refractivity contribution is -0.123. The van der Waals surface area contributed by atoms with Crippen LogP contribution in [0.2, 0.25) is 0 Å². The number of fused-ring (bicyclic) bond motifs is 1. The molecule has 4 rings (SSSR count). The van der Waals surface area contributed by atoms with E-state index in [-0.39, 0.29) is 19.1 Å². The Morgan fingerprint density at radius 2 is 1.76 bits per heavy atom. The van der Waals surface area contributed by atoms with E-state index in [1.165, 1.54) is 0 Å². The van der Waals surface area contributed by atoms with E-state index in [0.29, 0.717) is 29.6 Å². The van der Waals surface area contributed by atoms with Crippen molar-refractivity contribution in [3.8, 4) is 28.8 Å². The molecular weight excluding hydrogens is 434 g/mol. The van der Waals surface area contributed by atoms with E-state index < -0.39 is 0 Å². The van der Waals surface area contributed by atoms with E-state index in [2.05, 4.69) is 20.6 Å². The topological polar surface area (TPSA) is 99.9 Å². The summed E-state index contributed by atoms with van der Waals surface area (Å²) < 4.78 is 18.5. The molecule has 0 spiro atoms. The minimum Gasteiger partial charge on any atom is -0.496 e. The molecule has 2 heterocycles. The molecule has 9 heteroatoms. The molecule has 0 saturated carbocycles. The zero-order chi connectivity index (χ0) is 24.1. The highest BCUT2D eigenvalue weighted by Crippen LogP contribution is 2.28. The number of carbonyl (C=O) groups is 1. The molecule has 2 aromatic carbocycles. The number of amides is 1. The maximum Gasteiger partial charge on any atom is 0.258 e. The Labute approximate surface area is 197 Å². The van der Waals surface area contributed by atoms with E-state index in [4.69, 9.17) is 14.2 Å². The van der Waals surface area contributed by atoms with Gasteiger partial charge < -0.3 is 19.5 Å². The predicted molar refractivity (Wildman–Crippen MR) is 127 cm³/mol. The third-order valence-electron chi connectivity index (χ3n) is 5.21. The van der Waals surface area contributed by atoms with Gasteiger partial charge in [0.15, 0.2) is 18.1 Å². The molecule has 0 atom stereocenters. The molecule has 4 aromatic rings. The zero-order valence-electron chi connectivity index (χ0n) is 19.7. The molecule has 0 saturated heterocycles. The summed E-state index contributed by atoms with van der Waals surface area (Å²) in [7, 11) is 1.60. The molecule has 9 nitrogen and oxygen atoms in total. The number of nitrogens with zero attached hydrogens (tertiary/aromatic N) is 4. The van der Waals surface area contributed by atoms with Crippen molar-refractivity contribution >= 4 is 11.6 Å². The Hall–Kier alpha value is -4.14. The molecule has 0 fully saturated rings. The highest BCUT2D eigenvalue weighted by atomic mass is 16.5. The number of benzene rings is 2. The van der Waals surface area contributed by atoms with E-state index in [9.17, 15) is 4.79 Å². The molecule has 0 aliphatic heterocycles. The number of hydrogen-bond donors (Lipinski definition) is 1. The van der Waals surface area contributed by atoms with Crippen molar-refractivity contribution in [2.24, 2.45) is 0 Å². The van der Waals surface area contributed by atoms with Gasteiger partial charge in [0.2, 0.25) is 5.88 Å². The van der Waals surface area contributed by atoms with Crippen molar-refractivity contribution in [3.63, 3.8) is 0 Å². The van der Waals surface area contributed by atoms with E-state index >= 15 is 0 Å². The summed E-state index contributed by atoms with van der Waals surface area (Å²) in [4.78, 5) is 12.2. The average Bonchev–Trinajstić information content (AvgIpc) is 3.24. The Morgan fingerprint density at radius 3 is 2.53 bits per heavy atom. The van der Waals surface area contributed by atoms with Gasteiger partial charge in [0.05, 0.1) is 19.2 Å². The maximum atomic E-state index is 12.2. The van der Waals surface area contributed by atoms with Crippen LogP contribution in [0, 0.1) is 20.8 Å². The monoisotopic (exact) mass is 461 g/mol. The molecule has 2 aromatic heterocycles. The third-order valence-corrected chi connectivity index (χ3v) is 5.21. The van der Waals surface area contributed by atoms with Gasteiger partial charge in [-0.3, -0.25) is 4.79 Å². The molecule has 1 N–H and O–H groups in total. The summed E-state index contributed by atoms with van der Waals surface area (Å²) in [5.41, 5.74) is 4.54. The van der Waals surface area contributed by atoms with Crippen LogP contribution in [0.4, 0.5) is 0 Å². The summed E-state index contributed by atoms with van der Waals surface area (Å²) in [6, 6.07) is 15.1. The number of methoxy groups -OCH3 is 1. The number of nitrogens with one attached hydrogen (secondary N) is 1. The second-order valence-corrected chi connectivity index (χ2v) is 7.88. The number of aromatic nitrogens is 4. The summed E-state index contributed by atoms with van der Waals surface area (Å²) in [6.07, 6.45) is 0. The largest absolute Gasteiger partial charge is 0.496 e. The Bertz CT molecular complexity index is 1290. The van der Waals surface area contributed by atoms with Crippen LogP contribution in [0.15, 0.2) is 48.5 Å². The highest BCUT2D eigenvalue weighted by molar-refractivity contribution is 5.77. The Morgan fingerprint density at radius 1 is 1.00 bits per heavy atom. The molecule has 0 unspecified atom stereocenters. The molecule has 0 aliphatic carbocycles. The minimum atomic E-state index is -0.219. The first-order valence-electron chi connectivity index (χ1n) is 10.9. The van der Waals surface area contributed by atoms with Crippen molar-refractivity contribution in [2.45, 2.75) is 20.8 Å². The van der Waals surface area contributed by atoms with Gasteiger partial charge in [-0.25, -0.2) is 0 Å². The average molecular weight is 462 g/mol. The zero-order valence-corrected chi connectivity index (χ0v) is 19.7. The molecule has 0 aliphatic rings. The van der Waals surface area contributed by atoms with E-state index in [1.54, 1.807) is 23.8 Å². The number of carbonyl (C=O) groups excluding carboxylic acids is 1. The van der Waals surface area contributed by atoms with Crippen LogP contribution in [0.5, 0.6) is 17.4 Å². The van der Waals surface area contributed by atoms with Gasteiger partial charge in [-0.15, -0.1) is 15.3 Å². The highest BCUT2D eigenvalue weighted by Gasteiger charge is 2.14. The number of rotatable bonds is 9. The van der Waals surface area contributed by atoms with Gasteiger partial charge in [0.1, 0.15) is 18.1 Å². The van der Waals surface area contributed by atoms with Crippen LogP contribution in [0.3, 0.4) is 0 Å². The van der Waals surface area contributed by atoms with Gasteiger partial charge in [-0.2, -0.15) is 4.52 Å². The number of para-hydroxylation sites is 1. The van der Waals surface area contributed by atoms with Crippen molar-refractivity contribution in [1.29, 1.82) is 0 Å². The first-order valence-corrected chi connectivity index (χ1v) is 10.9. The first kappa shape index (κ1) is 23.0. The van der Waals surface area contributed by atoms with Gasteiger partial charge in [0, 0.05) is 6.07 Å². The van der Waals surface area contributed by atoms with Crippen LogP contribution in [-0.2, 0) is 4.79 Å². The summed E-state index contributed by atoms with van der Waals surface area (Å²) in [5.74, 6) is 2.13. The Balaban J connectivity index is 1.32. The fourth-order valence-corrected chi connectivity index (χ4v) is 3.78. The van der Waals surface area contributed by atoms with Crippen molar-refractivity contribution in [3.05, 3.63) is 65.2 Å². The molecule has 34 heavy (non-hydrogen) atoms. The second-order valence-electron chi connectivity index (χ2n) is 7.88. The predicted octanol–water partition coefficient (Wildman–Crippen LogP) is 3.30. The number of ether oxygens (including phenoxy) is 3. The summed E-state index contributed by atoms with van der Waals surface area (Å²) in [5, 5.41) is 15.7. The molecule has 0 bridgehead atoms. The normalized spacial score (nSPS) is 10.8. The van der Waals surface area contributed by atoms with Crippen LogP contribution >= 0.6 is 0 Å². The maximum absolute atomic E-state index is 12.2. The quantitative estimate of drug-likeness (QED) is 0.382. The molecule has 176 valence electrons. The van der Waals surface area contributed by atoms with Crippen molar-refractivity contribution < 1.29 is 19.0 Å². The second kappa shape index (κ2) is 10.2. The lowest BCUT2D eigenvalue weighted by Crippen LogP contribution is -2.32. The molecule has 1 amide bonds. The molecular formula is C25H27N5O4. The minimum absolute atomic E-state index is 0.0576. The van der Waals surface area contributed by atoms with Gasteiger partial charge in [0.25, 0.3) is 5.91 Å². The standard InChI is InChI=1S/C25H27N5O4/c1-16-13-17(2)24(18(3)14-16)34-15-22(31)26-11-12-33-23-10-9-21-27-28-25(30(21)29-23)19-7-5-6-8-20(19)32-4/h5-10,13-14H,11-12,15H2,1-4H3,(H,26,31). The van der Waals surface area contributed by atoms with Crippen LogP contribution in [-0.4, -0.2) is 52.6 Å². The summed E-state index contributed by atoms with van der Waals surface area (Å²) >= 11 is 0. The number of hydrogen-bond acceptors (Lipinski definition) is 7. The SMILES string of the molecule is COc1ccccc1-c1nnc2ccc(OCCNC(=O)COc3c(C)cc(C)cc3C)nn12. The summed E-state index contributed by atoms with van der Waals surface area (Å²) in [6.45, 7) is 6.48. The van der Waals surface area contributed by atoms with Gasteiger partial charge in [-0.1, -0.05) is 29.8 Å². The van der Waals surface area contributed by atoms with E-state index in [1.807, 2.05) is 57.2 Å². The lowest BCUT2D eigenvalue weighted by Gasteiger charge is -2.13. The van der Waals surface area contributed by atoms with Gasteiger partial charge in [-0.05, 0) is 50.1 Å². The fraction of sp³-hybridized carbons (Fsp3) is 0.280. The fourth-order valence-electron chi connectivity index (χ4n) is 3.78. The smallest absolute Gasteiger partial charge is 0.258 e.